The Morgan fingerprint density at radius 3 is 2.40 bits per heavy atom. The maximum Gasteiger partial charge on any atom is 0.124 e. The number of benzene rings is 1. The second-order valence-electron chi connectivity index (χ2n) is 4.72. The van der Waals surface area contributed by atoms with Gasteiger partial charge in [-0.15, -0.1) is 0 Å². The first-order valence-corrected chi connectivity index (χ1v) is 5.20. The van der Waals surface area contributed by atoms with Crippen molar-refractivity contribution >= 4 is 0 Å². The van der Waals surface area contributed by atoms with Crippen molar-refractivity contribution in [2.45, 2.75) is 39.9 Å². The van der Waals surface area contributed by atoms with Gasteiger partial charge in [-0.2, -0.15) is 0 Å². The molecule has 0 unspecified atom stereocenters. The molecule has 15 heavy (non-hydrogen) atoms. The summed E-state index contributed by atoms with van der Waals surface area (Å²) in [4.78, 5) is 0. The van der Waals surface area contributed by atoms with Crippen molar-refractivity contribution in [2.24, 2.45) is 0 Å². The van der Waals surface area contributed by atoms with Crippen LogP contribution in [-0.2, 0) is 11.3 Å². The lowest BCUT2D eigenvalue weighted by molar-refractivity contribution is -0.0156. The zero-order chi connectivity index (χ0) is 11.5. The molecule has 0 saturated heterocycles. The standard InChI is InChI=1S/C13H20O2/c1-10-6-7-12(14-5)11(8-10)9-15-13(2,3)4/h6-8H,9H2,1-5H3. The molecule has 0 fully saturated rings. The van der Waals surface area contributed by atoms with Gasteiger partial charge >= 0.3 is 0 Å². The largest absolute Gasteiger partial charge is 0.496 e. The first-order valence-electron chi connectivity index (χ1n) is 5.20. The van der Waals surface area contributed by atoms with E-state index in [0.29, 0.717) is 6.61 Å². The number of hydrogen-bond acceptors (Lipinski definition) is 2. The monoisotopic (exact) mass is 208 g/mol. The topological polar surface area (TPSA) is 18.5 Å². The molecule has 0 heterocycles. The molecule has 0 radical (unpaired) electrons. The maximum absolute atomic E-state index is 5.73. The minimum atomic E-state index is -0.116. The van der Waals surface area contributed by atoms with Crippen LogP contribution < -0.4 is 4.74 Å². The lowest BCUT2D eigenvalue weighted by Gasteiger charge is -2.20. The van der Waals surface area contributed by atoms with Crippen molar-refractivity contribution in [2.75, 3.05) is 7.11 Å². The Morgan fingerprint density at radius 1 is 1.20 bits per heavy atom. The third-order valence-corrected chi connectivity index (χ3v) is 2.10. The van der Waals surface area contributed by atoms with Crippen molar-refractivity contribution in [3.05, 3.63) is 29.3 Å². The van der Waals surface area contributed by atoms with E-state index >= 15 is 0 Å². The van der Waals surface area contributed by atoms with Crippen LogP contribution in [0.2, 0.25) is 0 Å². The third kappa shape index (κ3) is 3.92. The fourth-order valence-electron chi connectivity index (χ4n) is 1.31. The summed E-state index contributed by atoms with van der Waals surface area (Å²) in [7, 11) is 1.69. The summed E-state index contributed by atoms with van der Waals surface area (Å²) in [5, 5.41) is 0. The van der Waals surface area contributed by atoms with Gasteiger partial charge < -0.3 is 9.47 Å². The van der Waals surface area contributed by atoms with Gasteiger partial charge in [-0.1, -0.05) is 17.7 Å². The Morgan fingerprint density at radius 2 is 1.87 bits per heavy atom. The zero-order valence-corrected chi connectivity index (χ0v) is 10.3. The molecule has 1 aromatic carbocycles. The summed E-state index contributed by atoms with van der Waals surface area (Å²) in [6.07, 6.45) is 0. The van der Waals surface area contributed by atoms with E-state index in [4.69, 9.17) is 9.47 Å². The number of hydrogen-bond donors (Lipinski definition) is 0. The normalized spacial score (nSPS) is 11.5. The molecule has 0 saturated carbocycles. The molecular formula is C13H20O2. The molecule has 1 aromatic rings. The molecule has 2 heteroatoms. The molecule has 84 valence electrons. The highest BCUT2D eigenvalue weighted by Crippen LogP contribution is 2.22. The predicted molar refractivity (Wildman–Crippen MR) is 62.3 cm³/mol. The van der Waals surface area contributed by atoms with Gasteiger partial charge in [-0.3, -0.25) is 0 Å². The molecule has 0 aliphatic rings. The second-order valence-corrected chi connectivity index (χ2v) is 4.72. The smallest absolute Gasteiger partial charge is 0.124 e. The van der Waals surface area contributed by atoms with Crippen LogP contribution in [0.25, 0.3) is 0 Å². The van der Waals surface area contributed by atoms with Gasteiger partial charge in [0.05, 0.1) is 19.3 Å². The van der Waals surface area contributed by atoms with Crippen LogP contribution in [0.3, 0.4) is 0 Å². The van der Waals surface area contributed by atoms with Gasteiger partial charge in [0.2, 0.25) is 0 Å². The van der Waals surface area contributed by atoms with Crippen LogP contribution in [0.15, 0.2) is 18.2 Å². The van der Waals surface area contributed by atoms with Crippen LogP contribution in [0.1, 0.15) is 31.9 Å². The average molecular weight is 208 g/mol. The molecule has 0 aliphatic carbocycles. The Kier molecular flexibility index (Phi) is 3.75. The second kappa shape index (κ2) is 4.67. The van der Waals surface area contributed by atoms with Crippen LogP contribution in [0, 0.1) is 6.92 Å². The third-order valence-electron chi connectivity index (χ3n) is 2.10. The highest BCUT2D eigenvalue weighted by molar-refractivity contribution is 5.36. The van der Waals surface area contributed by atoms with Crippen molar-refractivity contribution < 1.29 is 9.47 Å². The summed E-state index contributed by atoms with van der Waals surface area (Å²) < 4.78 is 11.0. The summed E-state index contributed by atoms with van der Waals surface area (Å²) in [6.45, 7) is 8.81. The number of methoxy groups -OCH3 is 1. The van der Waals surface area contributed by atoms with Crippen LogP contribution >= 0.6 is 0 Å². The van der Waals surface area contributed by atoms with E-state index in [1.165, 1.54) is 5.56 Å². The number of rotatable bonds is 3. The molecule has 2 nitrogen and oxygen atoms in total. The molecule has 0 amide bonds. The summed E-state index contributed by atoms with van der Waals surface area (Å²) in [6, 6.07) is 6.13. The average Bonchev–Trinajstić information content (AvgIpc) is 2.14. The summed E-state index contributed by atoms with van der Waals surface area (Å²) in [5.41, 5.74) is 2.21. The Balaban J connectivity index is 2.79. The lowest BCUT2D eigenvalue weighted by Crippen LogP contribution is -2.18. The van der Waals surface area contributed by atoms with Gasteiger partial charge in [0.1, 0.15) is 5.75 Å². The van der Waals surface area contributed by atoms with Crippen molar-refractivity contribution in [1.29, 1.82) is 0 Å². The predicted octanol–water partition coefficient (Wildman–Crippen LogP) is 3.32. The number of aryl methyl sites for hydroxylation is 1. The minimum absolute atomic E-state index is 0.116. The highest BCUT2D eigenvalue weighted by atomic mass is 16.5. The maximum atomic E-state index is 5.73. The fourth-order valence-corrected chi connectivity index (χ4v) is 1.31. The van der Waals surface area contributed by atoms with E-state index < -0.39 is 0 Å². The van der Waals surface area contributed by atoms with Gasteiger partial charge in [0, 0.05) is 5.56 Å². The summed E-state index contributed by atoms with van der Waals surface area (Å²) in [5.74, 6) is 0.893. The van der Waals surface area contributed by atoms with E-state index in [1.807, 2.05) is 12.1 Å². The quantitative estimate of drug-likeness (QED) is 0.758. The van der Waals surface area contributed by atoms with Crippen molar-refractivity contribution in [1.82, 2.24) is 0 Å². The fraction of sp³-hybridized carbons (Fsp3) is 0.538. The SMILES string of the molecule is COc1ccc(C)cc1COC(C)(C)C. The van der Waals surface area contributed by atoms with E-state index in [9.17, 15) is 0 Å². The van der Waals surface area contributed by atoms with Gasteiger partial charge in [0.15, 0.2) is 0 Å². The molecular weight excluding hydrogens is 188 g/mol. The lowest BCUT2D eigenvalue weighted by atomic mass is 10.1. The zero-order valence-electron chi connectivity index (χ0n) is 10.3. The van der Waals surface area contributed by atoms with E-state index in [-0.39, 0.29) is 5.60 Å². The van der Waals surface area contributed by atoms with E-state index in [2.05, 4.69) is 33.8 Å². The van der Waals surface area contributed by atoms with E-state index in [0.717, 1.165) is 11.3 Å². The molecule has 1 rings (SSSR count). The molecule has 0 bridgehead atoms. The molecule has 0 N–H and O–H groups in total. The highest BCUT2D eigenvalue weighted by Gasteiger charge is 2.12. The van der Waals surface area contributed by atoms with Gasteiger partial charge in [0.25, 0.3) is 0 Å². The van der Waals surface area contributed by atoms with Crippen LogP contribution in [-0.4, -0.2) is 12.7 Å². The van der Waals surface area contributed by atoms with E-state index in [1.54, 1.807) is 7.11 Å². The molecule has 0 spiro atoms. The molecule has 0 atom stereocenters. The van der Waals surface area contributed by atoms with Crippen LogP contribution in [0.4, 0.5) is 0 Å². The first kappa shape index (κ1) is 12.1. The minimum Gasteiger partial charge on any atom is -0.496 e. The Bertz CT molecular complexity index is 324. The van der Waals surface area contributed by atoms with Gasteiger partial charge in [-0.25, -0.2) is 0 Å². The Hall–Kier alpha value is -1.02. The van der Waals surface area contributed by atoms with Crippen molar-refractivity contribution in [3.8, 4) is 5.75 Å². The van der Waals surface area contributed by atoms with Crippen molar-refractivity contribution in [3.63, 3.8) is 0 Å². The molecule has 0 aliphatic heterocycles. The van der Waals surface area contributed by atoms with Gasteiger partial charge in [-0.05, 0) is 33.8 Å². The first-order chi connectivity index (χ1) is 6.92. The molecule has 0 aromatic heterocycles. The summed E-state index contributed by atoms with van der Waals surface area (Å²) >= 11 is 0. The van der Waals surface area contributed by atoms with Crippen LogP contribution in [0.5, 0.6) is 5.75 Å². The Labute approximate surface area is 92.2 Å². The number of ether oxygens (including phenoxy) is 2.